The molecule has 1 fully saturated rings. The first-order valence-corrected chi connectivity index (χ1v) is 7.70. The maximum Gasteiger partial charge on any atom is 0.305 e. The third-order valence-electron chi connectivity index (χ3n) is 4.24. The molecule has 6 nitrogen and oxygen atoms in total. The lowest BCUT2D eigenvalue weighted by Crippen LogP contribution is -2.36. The second-order valence-electron chi connectivity index (χ2n) is 5.82. The lowest BCUT2D eigenvalue weighted by Gasteiger charge is -2.23. The summed E-state index contributed by atoms with van der Waals surface area (Å²) in [6.45, 7) is 2.59. The monoisotopic (exact) mass is 313 g/mol. The van der Waals surface area contributed by atoms with Gasteiger partial charge in [-0.25, -0.2) is 4.68 Å². The molecule has 1 aromatic heterocycles. The van der Waals surface area contributed by atoms with E-state index in [0.29, 0.717) is 12.1 Å². The Hall–Kier alpha value is -2.63. The summed E-state index contributed by atoms with van der Waals surface area (Å²) < 4.78 is 1.80. The van der Waals surface area contributed by atoms with E-state index in [2.05, 4.69) is 5.10 Å². The number of hydrogen-bond acceptors (Lipinski definition) is 3. The summed E-state index contributed by atoms with van der Waals surface area (Å²) in [4.78, 5) is 25.2. The Morgan fingerprint density at radius 2 is 2.00 bits per heavy atom. The van der Waals surface area contributed by atoms with Gasteiger partial charge < -0.3 is 10.0 Å². The van der Waals surface area contributed by atoms with Crippen molar-refractivity contribution < 1.29 is 14.7 Å². The summed E-state index contributed by atoms with van der Waals surface area (Å²) >= 11 is 0. The maximum atomic E-state index is 12.6. The summed E-state index contributed by atoms with van der Waals surface area (Å²) in [5, 5.41) is 13.2. The van der Waals surface area contributed by atoms with Crippen molar-refractivity contribution >= 4 is 11.9 Å². The number of carbonyl (C=O) groups excluding carboxylic acids is 1. The fourth-order valence-corrected chi connectivity index (χ4v) is 3.07. The molecule has 1 aromatic carbocycles. The molecule has 2 heterocycles. The van der Waals surface area contributed by atoms with E-state index in [1.165, 1.54) is 0 Å². The Bertz CT molecular complexity index is 721. The van der Waals surface area contributed by atoms with Crippen LogP contribution in [-0.4, -0.2) is 44.3 Å². The van der Waals surface area contributed by atoms with E-state index < -0.39 is 5.97 Å². The van der Waals surface area contributed by atoms with Gasteiger partial charge >= 0.3 is 5.97 Å². The summed E-state index contributed by atoms with van der Waals surface area (Å²) in [5.41, 5.74) is 2.49. The second kappa shape index (κ2) is 6.24. The molecule has 1 amide bonds. The van der Waals surface area contributed by atoms with Gasteiger partial charge in [0.25, 0.3) is 5.91 Å². The molecule has 1 atom stereocenters. The van der Waals surface area contributed by atoms with Gasteiger partial charge in [0.1, 0.15) is 0 Å². The fraction of sp³-hybridized carbons (Fsp3) is 0.353. The zero-order valence-corrected chi connectivity index (χ0v) is 13.0. The number of carboxylic acids is 1. The molecule has 1 aliphatic rings. The van der Waals surface area contributed by atoms with E-state index in [-0.39, 0.29) is 18.4 Å². The van der Waals surface area contributed by atoms with Crippen LogP contribution in [0.4, 0.5) is 0 Å². The molecule has 1 N–H and O–H groups in total. The van der Waals surface area contributed by atoms with Crippen LogP contribution in [0.25, 0.3) is 5.69 Å². The van der Waals surface area contributed by atoms with E-state index >= 15 is 0 Å². The molecule has 120 valence electrons. The highest BCUT2D eigenvalue weighted by Crippen LogP contribution is 2.23. The van der Waals surface area contributed by atoms with E-state index in [4.69, 9.17) is 5.11 Å². The molecule has 0 saturated carbocycles. The minimum atomic E-state index is -0.862. The van der Waals surface area contributed by atoms with E-state index in [1.807, 2.05) is 25.1 Å². The highest BCUT2D eigenvalue weighted by atomic mass is 16.4. The van der Waals surface area contributed by atoms with Gasteiger partial charge in [0.15, 0.2) is 0 Å². The van der Waals surface area contributed by atoms with Crippen LogP contribution in [0.5, 0.6) is 0 Å². The zero-order chi connectivity index (χ0) is 16.4. The summed E-state index contributed by atoms with van der Waals surface area (Å²) in [5.74, 6) is -0.961. The molecular formula is C17H19N3O3. The molecular weight excluding hydrogens is 294 g/mol. The van der Waals surface area contributed by atoms with E-state index in [0.717, 1.165) is 24.2 Å². The van der Waals surface area contributed by atoms with Crippen LogP contribution in [0.3, 0.4) is 0 Å². The topological polar surface area (TPSA) is 75.4 Å². The number of aryl methyl sites for hydroxylation is 1. The first-order chi connectivity index (χ1) is 11.1. The van der Waals surface area contributed by atoms with Gasteiger partial charge in [0.2, 0.25) is 0 Å². The minimum Gasteiger partial charge on any atom is -0.481 e. The number of benzene rings is 1. The number of aliphatic carboxylic acids is 1. The predicted molar refractivity (Wildman–Crippen MR) is 84.6 cm³/mol. The zero-order valence-electron chi connectivity index (χ0n) is 13.0. The number of rotatable bonds is 4. The Morgan fingerprint density at radius 3 is 2.61 bits per heavy atom. The third kappa shape index (κ3) is 3.11. The number of hydrogen-bond donors (Lipinski definition) is 1. The van der Waals surface area contributed by atoms with Gasteiger partial charge in [-0.15, -0.1) is 0 Å². The molecule has 1 aliphatic heterocycles. The SMILES string of the molecule is Cc1ccnn1-c1ccc(C(=O)N2CCCC2CC(=O)O)cc1. The van der Waals surface area contributed by atoms with Crippen molar-refractivity contribution in [1.82, 2.24) is 14.7 Å². The van der Waals surface area contributed by atoms with Gasteiger partial charge in [-0.3, -0.25) is 9.59 Å². The van der Waals surface area contributed by atoms with Crippen LogP contribution in [-0.2, 0) is 4.79 Å². The van der Waals surface area contributed by atoms with Gasteiger partial charge in [0.05, 0.1) is 12.1 Å². The molecule has 6 heteroatoms. The van der Waals surface area contributed by atoms with Crippen LogP contribution >= 0.6 is 0 Å². The predicted octanol–water partition coefficient (Wildman–Crippen LogP) is 2.26. The van der Waals surface area contributed by atoms with Crippen molar-refractivity contribution in [3.05, 3.63) is 47.8 Å². The van der Waals surface area contributed by atoms with Crippen LogP contribution in [0.2, 0.25) is 0 Å². The fourth-order valence-electron chi connectivity index (χ4n) is 3.07. The Balaban J connectivity index is 1.78. The Labute approximate surface area is 134 Å². The quantitative estimate of drug-likeness (QED) is 0.939. The van der Waals surface area contributed by atoms with Crippen molar-refractivity contribution in [2.75, 3.05) is 6.54 Å². The largest absolute Gasteiger partial charge is 0.481 e. The van der Waals surface area contributed by atoms with Crippen LogP contribution < -0.4 is 0 Å². The number of likely N-dealkylation sites (tertiary alicyclic amines) is 1. The summed E-state index contributed by atoms with van der Waals surface area (Å²) in [7, 11) is 0. The van der Waals surface area contributed by atoms with Crippen molar-refractivity contribution in [3.63, 3.8) is 0 Å². The molecule has 1 saturated heterocycles. The smallest absolute Gasteiger partial charge is 0.305 e. The van der Waals surface area contributed by atoms with Crippen molar-refractivity contribution in [1.29, 1.82) is 0 Å². The highest BCUT2D eigenvalue weighted by Gasteiger charge is 2.30. The van der Waals surface area contributed by atoms with E-state index in [9.17, 15) is 9.59 Å². The molecule has 0 spiro atoms. The highest BCUT2D eigenvalue weighted by molar-refractivity contribution is 5.95. The van der Waals surface area contributed by atoms with Gasteiger partial charge in [0, 0.05) is 30.0 Å². The maximum absolute atomic E-state index is 12.6. The molecule has 3 rings (SSSR count). The normalized spacial score (nSPS) is 17.4. The number of nitrogens with zero attached hydrogens (tertiary/aromatic N) is 3. The molecule has 2 aromatic rings. The van der Waals surface area contributed by atoms with Crippen LogP contribution in [0.1, 0.15) is 35.3 Å². The number of carboxylic acid groups (broad SMARTS) is 1. The van der Waals surface area contributed by atoms with Gasteiger partial charge in [-0.05, 0) is 50.1 Å². The first-order valence-electron chi connectivity index (χ1n) is 7.70. The lowest BCUT2D eigenvalue weighted by molar-refractivity contribution is -0.137. The third-order valence-corrected chi connectivity index (χ3v) is 4.24. The molecule has 1 unspecified atom stereocenters. The standard InChI is InChI=1S/C17H19N3O3/c1-12-8-9-18-20(12)14-6-4-13(5-7-14)17(23)19-10-2-3-15(19)11-16(21)22/h4-9,15H,2-3,10-11H2,1H3,(H,21,22). The minimum absolute atomic E-state index is 0.0102. The summed E-state index contributed by atoms with van der Waals surface area (Å²) in [6.07, 6.45) is 3.35. The molecule has 0 radical (unpaired) electrons. The second-order valence-corrected chi connectivity index (χ2v) is 5.82. The lowest BCUT2D eigenvalue weighted by atomic mass is 10.1. The van der Waals surface area contributed by atoms with Crippen molar-refractivity contribution in [2.45, 2.75) is 32.2 Å². The van der Waals surface area contributed by atoms with Gasteiger partial charge in [-0.2, -0.15) is 5.10 Å². The van der Waals surface area contributed by atoms with Crippen molar-refractivity contribution in [3.8, 4) is 5.69 Å². The van der Waals surface area contributed by atoms with Crippen LogP contribution in [0.15, 0.2) is 36.5 Å². The number of carbonyl (C=O) groups is 2. The number of amides is 1. The number of aromatic nitrogens is 2. The van der Waals surface area contributed by atoms with Crippen molar-refractivity contribution in [2.24, 2.45) is 0 Å². The van der Waals surface area contributed by atoms with Crippen LogP contribution in [0, 0.1) is 6.92 Å². The molecule has 0 aliphatic carbocycles. The average molecular weight is 313 g/mol. The Morgan fingerprint density at radius 1 is 1.26 bits per heavy atom. The Kier molecular flexibility index (Phi) is 4.14. The summed E-state index contributed by atoms with van der Waals surface area (Å²) in [6, 6.07) is 8.97. The first kappa shape index (κ1) is 15.3. The molecule has 23 heavy (non-hydrogen) atoms. The molecule has 0 bridgehead atoms. The van der Waals surface area contributed by atoms with Gasteiger partial charge in [-0.1, -0.05) is 0 Å². The van der Waals surface area contributed by atoms with E-state index in [1.54, 1.807) is 27.9 Å². The average Bonchev–Trinajstić information content (AvgIpc) is 3.15.